The zero-order valence-electron chi connectivity index (χ0n) is 8.84. The molecule has 0 aromatic carbocycles. The Morgan fingerprint density at radius 3 is 2.46 bits per heavy atom. The summed E-state index contributed by atoms with van der Waals surface area (Å²) in [7, 11) is 0. The van der Waals surface area contributed by atoms with Gasteiger partial charge in [0.2, 0.25) is 5.91 Å². The van der Waals surface area contributed by atoms with Crippen LogP contribution in [0.3, 0.4) is 0 Å². The van der Waals surface area contributed by atoms with Crippen LogP contribution in [0.15, 0.2) is 0 Å². The molecule has 0 radical (unpaired) electrons. The van der Waals surface area contributed by atoms with Crippen molar-refractivity contribution in [2.75, 3.05) is 19.6 Å². The Morgan fingerprint density at radius 1 is 1.54 bits per heavy atom. The lowest BCUT2D eigenvalue weighted by molar-refractivity contribution is -0.137. The molecule has 0 bridgehead atoms. The normalized spacial score (nSPS) is 17.2. The Kier molecular flexibility index (Phi) is 3.72. The maximum absolute atomic E-state index is 11.8. The van der Waals surface area contributed by atoms with E-state index in [4.69, 9.17) is 0 Å². The van der Waals surface area contributed by atoms with Gasteiger partial charge in [-0.05, 0) is 6.42 Å². The predicted molar refractivity (Wildman–Crippen MR) is 53.5 cm³/mol. The highest BCUT2D eigenvalue weighted by molar-refractivity contribution is 5.78. The van der Waals surface area contributed by atoms with Gasteiger partial charge < -0.3 is 10.2 Å². The maximum Gasteiger partial charge on any atom is 0.225 e. The molecule has 1 aliphatic heterocycles. The van der Waals surface area contributed by atoms with Gasteiger partial charge in [-0.3, -0.25) is 4.79 Å². The molecule has 3 heteroatoms. The van der Waals surface area contributed by atoms with Crippen molar-refractivity contribution in [1.82, 2.24) is 10.2 Å². The van der Waals surface area contributed by atoms with Crippen LogP contribution in [0.25, 0.3) is 0 Å². The smallest absolute Gasteiger partial charge is 0.225 e. The van der Waals surface area contributed by atoms with E-state index in [-0.39, 0.29) is 5.92 Å². The highest BCUT2D eigenvalue weighted by Crippen LogP contribution is 2.10. The van der Waals surface area contributed by atoms with E-state index in [0.717, 1.165) is 26.1 Å². The van der Waals surface area contributed by atoms with Gasteiger partial charge >= 0.3 is 0 Å². The average Bonchev–Trinajstić information content (AvgIpc) is 1.99. The number of carbonyl (C=O) groups is 1. The van der Waals surface area contributed by atoms with Crippen molar-refractivity contribution in [2.45, 2.75) is 33.2 Å². The molecule has 0 atom stereocenters. The SMILES string of the molecule is CCCN(C(=O)C(C)C)C1CNC1. The third-order valence-corrected chi connectivity index (χ3v) is 2.44. The van der Waals surface area contributed by atoms with Crippen LogP contribution in [-0.2, 0) is 4.79 Å². The molecule has 0 spiro atoms. The van der Waals surface area contributed by atoms with Crippen LogP contribution in [0.2, 0.25) is 0 Å². The lowest BCUT2D eigenvalue weighted by atomic mass is 10.1. The third kappa shape index (κ3) is 2.44. The third-order valence-electron chi connectivity index (χ3n) is 2.44. The molecule has 76 valence electrons. The van der Waals surface area contributed by atoms with Crippen LogP contribution in [0, 0.1) is 5.92 Å². The minimum absolute atomic E-state index is 0.132. The number of hydrogen-bond donors (Lipinski definition) is 1. The lowest BCUT2D eigenvalue weighted by Crippen LogP contribution is -2.59. The molecule has 1 saturated heterocycles. The molecule has 3 nitrogen and oxygen atoms in total. The lowest BCUT2D eigenvalue weighted by Gasteiger charge is -2.39. The molecular formula is C10H20N2O. The van der Waals surface area contributed by atoms with E-state index in [1.807, 2.05) is 18.7 Å². The topological polar surface area (TPSA) is 32.3 Å². The average molecular weight is 184 g/mol. The fourth-order valence-corrected chi connectivity index (χ4v) is 1.54. The summed E-state index contributed by atoms with van der Waals surface area (Å²) in [6.45, 7) is 8.90. The van der Waals surface area contributed by atoms with E-state index in [9.17, 15) is 4.79 Å². The van der Waals surface area contributed by atoms with E-state index in [1.165, 1.54) is 0 Å². The van der Waals surface area contributed by atoms with Crippen LogP contribution in [0.4, 0.5) is 0 Å². The summed E-state index contributed by atoms with van der Waals surface area (Å²) in [5.41, 5.74) is 0. The predicted octanol–water partition coefficient (Wildman–Crippen LogP) is 0.853. The second-order valence-electron chi connectivity index (χ2n) is 4.00. The Morgan fingerprint density at radius 2 is 2.15 bits per heavy atom. The Hall–Kier alpha value is -0.570. The van der Waals surface area contributed by atoms with E-state index in [1.54, 1.807) is 0 Å². The molecule has 1 rings (SSSR count). The molecule has 0 aromatic heterocycles. The first-order valence-corrected chi connectivity index (χ1v) is 5.18. The van der Waals surface area contributed by atoms with Gasteiger partial charge in [0.05, 0.1) is 6.04 Å². The first-order chi connectivity index (χ1) is 6.16. The van der Waals surface area contributed by atoms with Crippen molar-refractivity contribution in [3.63, 3.8) is 0 Å². The summed E-state index contributed by atoms with van der Waals surface area (Å²) >= 11 is 0. The molecule has 0 aromatic rings. The van der Waals surface area contributed by atoms with Crippen LogP contribution in [0.5, 0.6) is 0 Å². The maximum atomic E-state index is 11.8. The summed E-state index contributed by atoms with van der Waals surface area (Å²) in [6, 6.07) is 0.454. The first-order valence-electron chi connectivity index (χ1n) is 5.18. The Balaban J connectivity index is 2.50. The van der Waals surface area contributed by atoms with E-state index in [2.05, 4.69) is 12.2 Å². The minimum Gasteiger partial charge on any atom is -0.337 e. The first kappa shape index (κ1) is 10.5. The molecule has 1 fully saturated rings. The van der Waals surface area contributed by atoms with Crippen LogP contribution in [-0.4, -0.2) is 36.5 Å². The van der Waals surface area contributed by atoms with Gasteiger partial charge in [0, 0.05) is 25.6 Å². The summed E-state index contributed by atoms with van der Waals surface area (Å²) < 4.78 is 0. The Bertz CT molecular complexity index is 176. The van der Waals surface area contributed by atoms with Gasteiger partial charge in [-0.15, -0.1) is 0 Å². The minimum atomic E-state index is 0.132. The van der Waals surface area contributed by atoms with Gasteiger partial charge in [0.15, 0.2) is 0 Å². The molecule has 0 saturated carbocycles. The van der Waals surface area contributed by atoms with Crippen molar-refractivity contribution in [3.05, 3.63) is 0 Å². The van der Waals surface area contributed by atoms with Gasteiger partial charge in [0.25, 0.3) is 0 Å². The number of rotatable bonds is 4. The molecule has 1 amide bonds. The van der Waals surface area contributed by atoms with Gasteiger partial charge in [-0.1, -0.05) is 20.8 Å². The standard InChI is InChI=1S/C10H20N2O/c1-4-5-12(9-6-11-7-9)10(13)8(2)3/h8-9,11H,4-7H2,1-3H3. The Labute approximate surface area is 80.5 Å². The molecular weight excluding hydrogens is 164 g/mol. The van der Waals surface area contributed by atoms with Gasteiger partial charge in [-0.2, -0.15) is 0 Å². The van der Waals surface area contributed by atoms with E-state index >= 15 is 0 Å². The summed E-state index contributed by atoms with van der Waals surface area (Å²) in [5, 5.41) is 3.20. The van der Waals surface area contributed by atoms with Crippen LogP contribution >= 0.6 is 0 Å². The van der Waals surface area contributed by atoms with E-state index < -0.39 is 0 Å². The fraction of sp³-hybridized carbons (Fsp3) is 0.900. The summed E-state index contributed by atoms with van der Waals surface area (Å²) in [4.78, 5) is 13.8. The fourth-order valence-electron chi connectivity index (χ4n) is 1.54. The van der Waals surface area contributed by atoms with Crippen molar-refractivity contribution in [2.24, 2.45) is 5.92 Å². The number of amides is 1. The molecule has 0 unspecified atom stereocenters. The van der Waals surface area contributed by atoms with E-state index in [0.29, 0.717) is 11.9 Å². The molecule has 0 aliphatic carbocycles. The van der Waals surface area contributed by atoms with Crippen molar-refractivity contribution < 1.29 is 4.79 Å². The second kappa shape index (κ2) is 4.61. The quantitative estimate of drug-likeness (QED) is 0.702. The highest BCUT2D eigenvalue weighted by Gasteiger charge is 2.28. The van der Waals surface area contributed by atoms with Gasteiger partial charge in [-0.25, -0.2) is 0 Å². The van der Waals surface area contributed by atoms with Crippen LogP contribution < -0.4 is 5.32 Å². The monoisotopic (exact) mass is 184 g/mol. The largest absolute Gasteiger partial charge is 0.337 e. The molecule has 1 aliphatic rings. The van der Waals surface area contributed by atoms with Crippen molar-refractivity contribution >= 4 is 5.91 Å². The molecule has 13 heavy (non-hydrogen) atoms. The molecule has 1 heterocycles. The van der Waals surface area contributed by atoms with Crippen LogP contribution in [0.1, 0.15) is 27.2 Å². The van der Waals surface area contributed by atoms with Gasteiger partial charge in [0.1, 0.15) is 0 Å². The zero-order valence-corrected chi connectivity index (χ0v) is 8.84. The highest BCUT2D eigenvalue weighted by atomic mass is 16.2. The summed E-state index contributed by atoms with van der Waals surface area (Å²) in [5.74, 6) is 0.431. The number of hydrogen-bond acceptors (Lipinski definition) is 2. The summed E-state index contributed by atoms with van der Waals surface area (Å²) in [6.07, 6.45) is 1.05. The number of nitrogens with one attached hydrogen (secondary N) is 1. The number of carbonyl (C=O) groups excluding carboxylic acids is 1. The van der Waals surface area contributed by atoms with Crippen molar-refractivity contribution in [1.29, 1.82) is 0 Å². The zero-order chi connectivity index (χ0) is 9.84. The second-order valence-corrected chi connectivity index (χ2v) is 4.00. The molecule has 1 N–H and O–H groups in total. The van der Waals surface area contributed by atoms with Crippen molar-refractivity contribution in [3.8, 4) is 0 Å². The number of nitrogens with zero attached hydrogens (tertiary/aromatic N) is 1.